The standard InChI is InChI=1S/C14H17BrFNO/c1-10-6-12(8-13(16)7-10)14(18)17-4-2-11(9-15)3-5-17/h6-8,11H,2-5,9H2,1H3. The molecule has 0 unspecified atom stereocenters. The van der Waals surface area contributed by atoms with Gasteiger partial charge in [-0.15, -0.1) is 0 Å². The molecule has 2 nitrogen and oxygen atoms in total. The summed E-state index contributed by atoms with van der Waals surface area (Å²) < 4.78 is 13.3. The number of alkyl halides is 1. The number of rotatable bonds is 2. The molecular weight excluding hydrogens is 297 g/mol. The normalized spacial score (nSPS) is 16.9. The van der Waals surface area contributed by atoms with Crippen molar-refractivity contribution in [1.82, 2.24) is 4.90 Å². The van der Waals surface area contributed by atoms with Crippen LogP contribution in [-0.4, -0.2) is 29.2 Å². The minimum Gasteiger partial charge on any atom is -0.339 e. The highest BCUT2D eigenvalue weighted by atomic mass is 79.9. The van der Waals surface area contributed by atoms with E-state index in [4.69, 9.17) is 0 Å². The Labute approximate surface area is 115 Å². The Morgan fingerprint density at radius 2 is 2.06 bits per heavy atom. The SMILES string of the molecule is Cc1cc(F)cc(C(=O)N2CCC(CBr)CC2)c1. The van der Waals surface area contributed by atoms with Gasteiger partial charge in [-0.1, -0.05) is 15.9 Å². The second-order valence-corrected chi connectivity index (χ2v) is 5.55. The van der Waals surface area contributed by atoms with Crippen LogP contribution in [-0.2, 0) is 0 Å². The van der Waals surface area contributed by atoms with Gasteiger partial charge in [-0.3, -0.25) is 4.79 Å². The summed E-state index contributed by atoms with van der Waals surface area (Å²) in [6, 6.07) is 4.52. The molecule has 4 heteroatoms. The fraction of sp³-hybridized carbons (Fsp3) is 0.500. The van der Waals surface area contributed by atoms with Gasteiger partial charge in [0.25, 0.3) is 5.91 Å². The summed E-state index contributed by atoms with van der Waals surface area (Å²) in [7, 11) is 0. The topological polar surface area (TPSA) is 20.3 Å². The summed E-state index contributed by atoms with van der Waals surface area (Å²) in [5.41, 5.74) is 1.25. The molecule has 1 aliphatic rings. The highest BCUT2D eigenvalue weighted by molar-refractivity contribution is 9.09. The number of piperidine rings is 1. The highest BCUT2D eigenvalue weighted by Crippen LogP contribution is 2.21. The van der Waals surface area contributed by atoms with Crippen LogP contribution in [0, 0.1) is 18.7 Å². The van der Waals surface area contributed by atoms with Crippen molar-refractivity contribution in [2.45, 2.75) is 19.8 Å². The Bertz CT molecular complexity index is 421. The molecule has 0 atom stereocenters. The van der Waals surface area contributed by atoms with E-state index in [1.807, 2.05) is 4.90 Å². The zero-order valence-electron chi connectivity index (χ0n) is 10.5. The number of hydrogen-bond acceptors (Lipinski definition) is 1. The largest absolute Gasteiger partial charge is 0.339 e. The number of hydrogen-bond donors (Lipinski definition) is 0. The van der Waals surface area contributed by atoms with Crippen LogP contribution in [0.2, 0.25) is 0 Å². The number of carbonyl (C=O) groups excluding carboxylic acids is 1. The van der Waals surface area contributed by atoms with Gasteiger partial charge in [-0.25, -0.2) is 4.39 Å². The molecule has 0 N–H and O–H groups in total. The first-order valence-corrected chi connectivity index (χ1v) is 7.34. The number of benzene rings is 1. The van der Waals surface area contributed by atoms with Crippen LogP contribution < -0.4 is 0 Å². The third kappa shape index (κ3) is 3.10. The van der Waals surface area contributed by atoms with E-state index in [1.54, 1.807) is 13.0 Å². The Balaban J connectivity index is 2.07. The zero-order chi connectivity index (χ0) is 13.1. The van der Waals surface area contributed by atoms with E-state index < -0.39 is 0 Å². The van der Waals surface area contributed by atoms with Crippen LogP contribution in [0.4, 0.5) is 4.39 Å². The zero-order valence-corrected chi connectivity index (χ0v) is 12.0. The fourth-order valence-corrected chi connectivity index (χ4v) is 2.98. The molecule has 1 aromatic carbocycles. The number of nitrogens with zero attached hydrogens (tertiary/aromatic N) is 1. The summed E-state index contributed by atoms with van der Waals surface area (Å²) in [6.45, 7) is 3.34. The molecule has 2 rings (SSSR count). The predicted molar refractivity (Wildman–Crippen MR) is 73.6 cm³/mol. The van der Waals surface area contributed by atoms with Gasteiger partial charge in [0, 0.05) is 24.0 Å². The number of likely N-dealkylation sites (tertiary alicyclic amines) is 1. The van der Waals surface area contributed by atoms with Gasteiger partial charge in [0.1, 0.15) is 5.82 Å². The van der Waals surface area contributed by atoms with Crippen molar-refractivity contribution in [2.75, 3.05) is 18.4 Å². The summed E-state index contributed by atoms with van der Waals surface area (Å²) in [5.74, 6) is 0.266. The van der Waals surface area contributed by atoms with Crippen LogP contribution in [0.15, 0.2) is 18.2 Å². The molecule has 1 fully saturated rings. The van der Waals surface area contributed by atoms with Crippen molar-refractivity contribution in [3.8, 4) is 0 Å². The molecule has 1 aliphatic heterocycles. The van der Waals surface area contributed by atoms with Crippen molar-refractivity contribution in [1.29, 1.82) is 0 Å². The molecule has 0 aliphatic carbocycles. The minimum atomic E-state index is -0.339. The minimum absolute atomic E-state index is 0.0503. The van der Waals surface area contributed by atoms with Gasteiger partial charge in [0.15, 0.2) is 0 Å². The van der Waals surface area contributed by atoms with Crippen LogP contribution in [0.3, 0.4) is 0 Å². The molecule has 1 saturated heterocycles. The average molecular weight is 314 g/mol. The number of aryl methyl sites for hydroxylation is 1. The summed E-state index contributed by atoms with van der Waals surface area (Å²) in [4.78, 5) is 14.1. The van der Waals surface area contributed by atoms with Gasteiger partial charge >= 0.3 is 0 Å². The monoisotopic (exact) mass is 313 g/mol. The van der Waals surface area contributed by atoms with E-state index in [0.717, 1.165) is 36.8 Å². The third-order valence-corrected chi connectivity index (χ3v) is 4.32. The molecule has 0 aromatic heterocycles. The Morgan fingerprint density at radius 1 is 1.39 bits per heavy atom. The van der Waals surface area contributed by atoms with E-state index in [9.17, 15) is 9.18 Å². The van der Waals surface area contributed by atoms with Crippen molar-refractivity contribution >= 4 is 21.8 Å². The maximum absolute atomic E-state index is 13.3. The van der Waals surface area contributed by atoms with Crippen molar-refractivity contribution in [3.63, 3.8) is 0 Å². The lowest BCUT2D eigenvalue weighted by Gasteiger charge is -2.31. The van der Waals surface area contributed by atoms with E-state index in [0.29, 0.717) is 11.5 Å². The van der Waals surface area contributed by atoms with Gasteiger partial charge in [0.05, 0.1) is 0 Å². The maximum atomic E-state index is 13.3. The van der Waals surface area contributed by atoms with Crippen LogP contribution in [0.1, 0.15) is 28.8 Å². The van der Waals surface area contributed by atoms with Crippen molar-refractivity contribution in [3.05, 3.63) is 35.1 Å². The van der Waals surface area contributed by atoms with E-state index in [1.165, 1.54) is 12.1 Å². The molecule has 0 radical (unpaired) electrons. The van der Waals surface area contributed by atoms with Crippen LogP contribution in [0.25, 0.3) is 0 Å². The van der Waals surface area contributed by atoms with E-state index in [2.05, 4.69) is 15.9 Å². The molecule has 0 bridgehead atoms. The van der Waals surface area contributed by atoms with Gasteiger partial charge in [-0.2, -0.15) is 0 Å². The van der Waals surface area contributed by atoms with E-state index >= 15 is 0 Å². The summed E-state index contributed by atoms with van der Waals surface area (Å²) in [6.07, 6.45) is 2.04. The first-order chi connectivity index (χ1) is 8.60. The average Bonchev–Trinajstić information content (AvgIpc) is 2.37. The molecular formula is C14H17BrFNO. The second-order valence-electron chi connectivity index (χ2n) is 4.91. The van der Waals surface area contributed by atoms with Crippen molar-refractivity contribution < 1.29 is 9.18 Å². The molecule has 1 aromatic rings. The smallest absolute Gasteiger partial charge is 0.253 e. The predicted octanol–water partition coefficient (Wildman–Crippen LogP) is 3.38. The summed E-state index contributed by atoms with van der Waals surface area (Å²) in [5, 5.41) is 0.994. The molecule has 18 heavy (non-hydrogen) atoms. The highest BCUT2D eigenvalue weighted by Gasteiger charge is 2.23. The lowest BCUT2D eigenvalue weighted by Crippen LogP contribution is -2.38. The van der Waals surface area contributed by atoms with Gasteiger partial charge in [0.2, 0.25) is 0 Å². The molecule has 0 saturated carbocycles. The second kappa shape index (κ2) is 5.83. The Hall–Kier alpha value is -0.900. The van der Waals surface area contributed by atoms with Gasteiger partial charge in [-0.05, 0) is 49.4 Å². The molecule has 1 amide bonds. The lowest BCUT2D eigenvalue weighted by atomic mass is 9.98. The van der Waals surface area contributed by atoms with Crippen molar-refractivity contribution in [2.24, 2.45) is 5.92 Å². The van der Waals surface area contributed by atoms with E-state index in [-0.39, 0.29) is 11.7 Å². The lowest BCUT2D eigenvalue weighted by molar-refractivity contribution is 0.0698. The summed E-state index contributed by atoms with van der Waals surface area (Å²) >= 11 is 3.48. The molecule has 98 valence electrons. The number of halogens is 2. The first-order valence-electron chi connectivity index (χ1n) is 6.22. The molecule has 0 spiro atoms. The van der Waals surface area contributed by atoms with Crippen LogP contribution >= 0.6 is 15.9 Å². The fourth-order valence-electron chi connectivity index (χ4n) is 2.33. The Kier molecular flexibility index (Phi) is 4.38. The first kappa shape index (κ1) is 13.5. The van der Waals surface area contributed by atoms with Crippen LogP contribution in [0.5, 0.6) is 0 Å². The quantitative estimate of drug-likeness (QED) is 0.766. The maximum Gasteiger partial charge on any atom is 0.253 e. The molecule has 1 heterocycles. The third-order valence-electron chi connectivity index (χ3n) is 3.41. The number of amides is 1. The van der Waals surface area contributed by atoms with Gasteiger partial charge < -0.3 is 4.90 Å². The number of carbonyl (C=O) groups is 1. The Morgan fingerprint density at radius 3 is 2.61 bits per heavy atom.